The monoisotopic (exact) mass is 420 g/mol. The van der Waals surface area contributed by atoms with Gasteiger partial charge in [0, 0.05) is 12.1 Å². The lowest BCUT2D eigenvalue weighted by Gasteiger charge is -2.18. The smallest absolute Gasteiger partial charge is 0.416 e. The van der Waals surface area contributed by atoms with E-state index in [1.807, 2.05) is 19.1 Å². The fourth-order valence-electron chi connectivity index (χ4n) is 3.78. The topological polar surface area (TPSA) is 99.7 Å². The predicted molar refractivity (Wildman–Crippen MR) is 104 cm³/mol. The molecule has 30 heavy (non-hydrogen) atoms. The lowest BCUT2D eigenvalue weighted by Crippen LogP contribution is -2.38. The summed E-state index contributed by atoms with van der Waals surface area (Å²) in [5, 5.41) is 0. The number of carbonyl (C=O) groups excluding carboxylic acids is 2. The summed E-state index contributed by atoms with van der Waals surface area (Å²) in [5.74, 6) is 0.553. The van der Waals surface area contributed by atoms with E-state index in [0.717, 1.165) is 16.0 Å². The first-order valence-electron chi connectivity index (χ1n) is 9.64. The number of halogens is 2. The normalized spacial score (nSPS) is 19.0. The third-order valence-electron chi connectivity index (χ3n) is 5.56. The summed E-state index contributed by atoms with van der Waals surface area (Å²) in [4.78, 5) is 28.8. The maximum atomic E-state index is 13.3. The molecule has 2 aromatic rings. The molecular weight excluding hydrogens is 398 g/mol. The van der Waals surface area contributed by atoms with Crippen molar-refractivity contribution in [1.29, 1.82) is 0 Å². The van der Waals surface area contributed by atoms with E-state index in [1.54, 1.807) is 17.7 Å². The molecule has 0 radical (unpaired) electrons. The number of rotatable bonds is 5. The van der Waals surface area contributed by atoms with Crippen molar-refractivity contribution in [1.82, 2.24) is 9.55 Å². The highest BCUT2D eigenvalue weighted by atomic mass is 19.3. The minimum atomic E-state index is -2.74. The number of benzene rings is 1. The molecule has 1 aromatic carbocycles. The first-order chi connectivity index (χ1) is 14.3. The van der Waals surface area contributed by atoms with E-state index in [2.05, 4.69) is 4.98 Å². The van der Waals surface area contributed by atoms with Crippen LogP contribution in [0, 0.1) is 12.8 Å². The van der Waals surface area contributed by atoms with Crippen molar-refractivity contribution in [2.75, 3.05) is 18.1 Å². The number of amides is 2. The van der Waals surface area contributed by atoms with Crippen molar-refractivity contribution in [3.63, 3.8) is 0 Å². The van der Waals surface area contributed by atoms with E-state index >= 15 is 0 Å². The van der Waals surface area contributed by atoms with Gasteiger partial charge in [-0.05, 0) is 30.5 Å². The Hall–Kier alpha value is -3.17. The van der Waals surface area contributed by atoms with Crippen LogP contribution in [0.15, 0.2) is 18.3 Å². The standard InChI is InChI=1S/C20H22F2N4O4/c1-10(18(23)27)7-12-3-4-13-16(11(12)2)29-6-5-25-8-15(24-19(13)25)26-14(17(21)22)9-30-20(26)28/h3-4,8,10,14,17H,5-7,9H2,1-2H3,(H2,23,27)/t10-,14+/m1/s1. The second-order valence-electron chi connectivity index (χ2n) is 7.55. The molecule has 160 valence electrons. The van der Waals surface area contributed by atoms with Gasteiger partial charge in [0.15, 0.2) is 5.82 Å². The molecular formula is C20H22F2N4O4. The van der Waals surface area contributed by atoms with Crippen molar-refractivity contribution in [2.45, 2.75) is 39.3 Å². The number of nitrogens with zero attached hydrogens (tertiary/aromatic N) is 3. The summed E-state index contributed by atoms with van der Waals surface area (Å²) in [7, 11) is 0. The third-order valence-corrected chi connectivity index (χ3v) is 5.56. The van der Waals surface area contributed by atoms with Crippen LogP contribution in [0.1, 0.15) is 18.1 Å². The molecule has 2 atom stereocenters. The Labute approximate surface area is 171 Å². The molecule has 0 spiro atoms. The molecule has 8 nitrogen and oxygen atoms in total. The fourth-order valence-corrected chi connectivity index (χ4v) is 3.78. The van der Waals surface area contributed by atoms with Crippen LogP contribution in [-0.4, -0.2) is 47.2 Å². The lowest BCUT2D eigenvalue weighted by atomic mass is 9.94. The Morgan fingerprint density at radius 3 is 2.83 bits per heavy atom. The van der Waals surface area contributed by atoms with Crippen molar-refractivity contribution in [3.8, 4) is 17.1 Å². The van der Waals surface area contributed by atoms with Crippen LogP contribution in [-0.2, 0) is 22.5 Å². The molecule has 10 heteroatoms. The number of carbonyl (C=O) groups is 2. The molecule has 2 aliphatic heterocycles. The Morgan fingerprint density at radius 2 is 2.13 bits per heavy atom. The molecule has 2 N–H and O–H groups in total. The molecule has 1 fully saturated rings. The van der Waals surface area contributed by atoms with Gasteiger partial charge in [-0.1, -0.05) is 13.0 Å². The Bertz CT molecular complexity index is 1010. The SMILES string of the molecule is Cc1c(C[C@@H](C)C(N)=O)ccc2c1OCCn1cc(N3C(=O)OC[C@H]3C(F)F)nc1-2. The highest BCUT2D eigenvalue weighted by molar-refractivity contribution is 5.89. The predicted octanol–water partition coefficient (Wildman–Crippen LogP) is 2.51. The van der Waals surface area contributed by atoms with Crippen molar-refractivity contribution in [2.24, 2.45) is 11.7 Å². The largest absolute Gasteiger partial charge is 0.491 e. The van der Waals surface area contributed by atoms with E-state index in [0.29, 0.717) is 36.7 Å². The van der Waals surface area contributed by atoms with Gasteiger partial charge >= 0.3 is 6.09 Å². The summed E-state index contributed by atoms with van der Waals surface area (Å²) < 4.78 is 39.2. The average molecular weight is 420 g/mol. The second-order valence-corrected chi connectivity index (χ2v) is 7.55. The number of aromatic nitrogens is 2. The zero-order valence-corrected chi connectivity index (χ0v) is 16.6. The van der Waals surface area contributed by atoms with Crippen LogP contribution in [0.25, 0.3) is 11.4 Å². The van der Waals surface area contributed by atoms with Crippen molar-refractivity contribution >= 4 is 17.8 Å². The first-order valence-corrected chi connectivity index (χ1v) is 9.64. The van der Waals surface area contributed by atoms with Gasteiger partial charge < -0.3 is 19.8 Å². The number of nitrogens with two attached hydrogens (primary N) is 1. The molecule has 0 saturated carbocycles. The Kier molecular flexibility index (Phi) is 5.08. The van der Waals surface area contributed by atoms with Crippen LogP contribution in [0.5, 0.6) is 5.75 Å². The quantitative estimate of drug-likeness (QED) is 0.801. The van der Waals surface area contributed by atoms with Gasteiger partial charge in [0.1, 0.15) is 30.8 Å². The van der Waals surface area contributed by atoms with Crippen LogP contribution >= 0.6 is 0 Å². The van der Waals surface area contributed by atoms with E-state index < -0.39 is 18.6 Å². The van der Waals surface area contributed by atoms with Gasteiger partial charge in [-0.2, -0.15) is 0 Å². The summed E-state index contributed by atoms with van der Waals surface area (Å²) in [6.07, 6.45) is -1.54. The van der Waals surface area contributed by atoms with E-state index in [9.17, 15) is 18.4 Å². The fraction of sp³-hybridized carbons (Fsp3) is 0.450. The number of imidazole rings is 1. The van der Waals surface area contributed by atoms with E-state index in [-0.39, 0.29) is 24.2 Å². The zero-order chi connectivity index (χ0) is 21.6. The number of cyclic esters (lactones) is 1. The van der Waals surface area contributed by atoms with Gasteiger partial charge in [0.05, 0.1) is 12.1 Å². The molecule has 2 aliphatic rings. The number of alkyl halides is 2. The van der Waals surface area contributed by atoms with Gasteiger partial charge in [-0.25, -0.2) is 23.5 Å². The van der Waals surface area contributed by atoms with Crippen molar-refractivity contribution < 1.29 is 27.8 Å². The highest BCUT2D eigenvalue weighted by Crippen LogP contribution is 2.38. The molecule has 3 heterocycles. The molecule has 4 rings (SSSR count). The molecule has 2 amide bonds. The third kappa shape index (κ3) is 3.35. The van der Waals surface area contributed by atoms with Crippen LogP contribution in [0.3, 0.4) is 0 Å². The Balaban J connectivity index is 1.73. The van der Waals surface area contributed by atoms with Crippen LogP contribution in [0.2, 0.25) is 0 Å². The van der Waals surface area contributed by atoms with Crippen molar-refractivity contribution in [3.05, 3.63) is 29.5 Å². The summed E-state index contributed by atoms with van der Waals surface area (Å²) in [5.41, 5.74) is 7.87. The summed E-state index contributed by atoms with van der Waals surface area (Å²) in [6, 6.07) is 2.34. The zero-order valence-electron chi connectivity index (χ0n) is 16.6. The second kappa shape index (κ2) is 7.58. The van der Waals surface area contributed by atoms with Gasteiger partial charge in [-0.3, -0.25) is 4.79 Å². The first kappa shape index (κ1) is 20.1. The number of hydrogen-bond donors (Lipinski definition) is 1. The molecule has 1 saturated heterocycles. The van der Waals surface area contributed by atoms with Crippen LogP contribution < -0.4 is 15.4 Å². The summed E-state index contributed by atoms with van der Waals surface area (Å²) in [6.45, 7) is 4.06. The number of primary amides is 1. The maximum absolute atomic E-state index is 13.3. The Morgan fingerprint density at radius 1 is 1.37 bits per heavy atom. The minimum Gasteiger partial charge on any atom is -0.491 e. The lowest BCUT2D eigenvalue weighted by molar-refractivity contribution is -0.121. The molecule has 0 aliphatic carbocycles. The van der Waals surface area contributed by atoms with Gasteiger partial charge in [-0.15, -0.1) is 0 Å². The molecule has 0 unspecified atom stereocenters. The number of ether oxygens (including phenoxy) is 2. The average Bonchev–Trinajstić information content (AvgIpc) is 3.23. The highest BCUT2D eigenvalue weighted by Gasteiger charge is 2.42. The minimum absolute atomic E-state index is 0.120. The van der Waals surface area contributed by atoms with Crippen LogP contribution in [0.4, 0.5) is 19.4 Å². The molecule has 0 bridgehead atoms. The number of anilines is 1. The van der Waals surface area contributed by atoms with E-state index in [4.69, 9.17) is 15.2 Å². The number of hydrogen-bond acceptors (Lipinski definition) is 5. The van der Waals surface area contributed by atoms with E-state index in [1.165, 1.54) is 0 Å². The van der Waals surface area contributed by atoms with Gasteiger partial charge in [0.2, 0.25) is 5.91 Å². The number of fused-ring (bicyclic) bond motifs is 3. The maximum Gasteiger partial charge on any atom is 0.416 e. The summed E-state index contributed by atoms with van der Waals surface area (Å²) >= 11 is 0. The molecule has 1 aromatic heterocycles. The van der Waals surface area contributed by atoms with Gasteiger partial charge in [0.25, 0.3) is 6.43 Å².